The Morgan fingerprint density at radius 2 is 2.12 bits per heavy atom. The number of hydrogen-bond acceptors (Lipinski definition) is 1. The molecule has 0 aromatic heterocycles. The number of nitrogens with zero attached hydrogens (tertiary/aromatic N) is 1. The summed E-state index contributed by atoms with van der Waals surface area (Å²) in [4.78, 5) is 14.5. The van der Waals surface area contributed by atoms with Gasteiger partial charge in [-0.3, -0.25) is 4.79 Å². The molecule has 1 unspecified atom stereocenters. The molecular formula is C11H10Br3NO. The molecule has 0 N–H and O–H groups in total. The first-order chi connectivity index (χ1) is 7.58. The molecule has 1 aromatic rings. The largest absolute Gasteiger partial charge is 0.337 e. The number of likely N-dealkylation sites (tertiary alicyclic amines) is 1. The summed E-state index contributed by atoms with van der Waals surface area (Å²) in [5.41, 5.74) is 0.718. The summed E-state index contributed by atoms with van der Waals surface area (Å²) in [6, 6.07) is 5.66. The molecule has 16 heavy (non-hydrogen) atoms. The van der Waals surface area contributed by atoms with Gasteiger partial charge in [0.05, 0.1) is 5.56 Å². The highest BCUT2D eigenvalue weighted by atomic mass is 79.9. The Morgan fingerprint density at radius 1 is 1.38 bits per heavy atom. The maximum Gasteiger partial charge on any atom is 0.255 e. The van der Waals surface area contributed by atoms with Crippen molar-refractivity contribution in [3.8, 4) is 0 Å². The molecule has 0 saturated carbocycles. The van der Waals surface area contributed by atoms with Gasteiger partial charge in [0.15, 0.2) is 0 Å². The molecule has 1 aromatic carbocycles. The number of amides is 1. The first kappa shape index (κ1) is 12.6. The molecule has 5 heteroatoms. The number of rotatable bonds is 1. The van der Waals surface area contributed by atoms with E-state index >= 15 is 0 Å². The normalized spacial score (nSPS) is 20.2. The Balaban J connectivity index is 2.23. The molecule has 1 saturated heterocycles. The number of hydrogen-bond donors (Lipinski definition) is 0. The van der Waals surface area contributed by atoms with E-state index in [2.05, 4.69) is 47.8 Å². The number of halogens is 3. The Kier molecular flexibility index (Phi) is 4.08. The topological polar surface area (TPSA) is 20.3 Å². The van der Waals surface area contributed by atoms with Crippen molar-refractivity contribution in [1.29, 1.82) is 0 Å². The summed E-state index contributed by atoms with van der Waals surface area (Å²) in [6.45, 7) is 1.62. The molecule has 0 bridgehead atoms. The Bertz CT molecular complexity index is 422. The summed E-state index contributed by atoms with van der Waals surface area (Å²) in [5.74, 6) is 0.0927. The van der Waals surface area contributed by atoms with Gasteiger partial charge in [-0.25, -0.2) is 0 Å². The van der Waals surface area contributed by atoms with Crippen molar-refractivity contribution in [2.75, 3.05) is 13.1 Å². The van der Waals surface area contributed by atoms with Crippen LogP contribution < -0.4 is 0 Å². The maximum atomic E-state index is 12.2. The summed E-state index contributed by atoms with van der Waals surface area (Å²) in [5, 5.41) is 0. The fraction of sp³-hybridized carbons (Fsp3) is 0.364. The first-order valence-electron chi connectivity index (χ1n) is 4.96. The number of carbonyl (C=O) groups is 1. The monoisotopic (exact) mass is 409 g/mol. The first-order valence-corrected chi connectivity index (χ1v) is 7.46. The Hall–Kier alpha value is 0.130. The van der Waals surface area contributed by atoms with Crippen LogP contribution in [0.5, 0.6) is 0 Å². The molecule has 0 radical (unpaired) electrons. The van der Waals surface area contributed by atoms with E-state index < -0.39 is 0 Å². The van der Waals surface area contributed by atoms with Gasteiger partial charge in [0.25, 0.3) is 5.91 Å². The van der Waals surface area contributed by atoms with Crippen LogP contribution >= 0.6 is 47.8 Å². The molecule has 2 rings (SSSR count). The Morgan fingerprint density at radius 3 is 2.75 bits per heavy atom. The second-order valence-corrected chi connectivity index (χ2v) is 6.83. The predicted molar refractivity (Wildman–Crippen MR) is 75.1 cm³/mol. The summed E-state index contributed by atoms with van der Waals surface area (Å²) in [6.07, 6.45) is 1.03. The van der Waals surface area contributed by atoms with E-state index in [1.54, 1.807) is 0 Å². The molecular weight excluding hydrogens is 402 g/mol. The molecule has 86 valence electrons. The molecule has 1 aliphatic heterocycles. The van der Waals surface area contributed by atoms with Crippen LogP contribution in [0.2, 0.25) is 0 Å². The van der Waals surface area contributed by atoms with Crippen molar-refractivity contribution < 1.29 is 4.79 Å². The third-order valence-corrected chi connectivity index (χ3v) is 4.51. The highest BCUT2D eigenvalue weighted by Crippen LogP contribution is 2.25. The van der Waals surface area contributed by atoms with Crippen LogP contribution in [-0.4, -0.2) is 28.7 Å². The zero-order valence-corrected chi connectivity index (χ0v) is 13.2. The van der Waals surface area contributed by atoms with Gasteiger partial charge < -0.3 is 4.90 Å². The molecule has 1 fully saturated rings. The number of benzene rings is 1. The van der Waals surface area contributed by atoms with Gasteiger partial charge in [-0.15, -0.1) is 0 Å². The smallest absolute Gasteiger partial charge is 0.255 e. The van der Waals surface area contributed by atoms with Crippen LogP contribution in [0.25, 0.3) is 0 Å². The van der Waals surface area contributed by atoms with E-state index in [-0.39, 0.29) is 5.91 Å². The zero-order chi connectivity index (χ0) is 11.7. The molecule has 1 amide bonds. The van der Waals surface area contributed by atoms with E-state index in [9.17, 15) is 4.79 Å². The van der Waals surface area contributed by atoms with Crippen molar-refractivity contribution in [2.45, 2.75) is 11.2 Å². The van der Waals surface area contributed by atoms with E-state index in [1.807, 2.05) is 23.1 Å². The summed E-state index contributed by atoms with van der Waals surface area (Å²) < 4.78 is 1.77. The van der Waals surface area contributed by atoms with Crippen molar-refractivity contribution in [3.63, 3.8) is 0 Å². The SMILES string of the molecule is O=C(c1cc(Br)ccc1Br)N1CCC(Br)C1. The van der Waals surface area contributed by atoms with Gasteiger partial charge >= 0.3 is 0 Å². The third-order valence-electron chi connectivity index (χ3n) is 2.58. The highest BCUT2D eigenvalue weighted by molar-refractivity contribution is 9.11. The maximum absolute atomic E-state index is 12.2. The van der Waals surface area contributed by atoms with Crippen LogP contribution in [0, 0.1) is 0 Å². The van der Waals surface area contributed by atoms with Gasteiger partial charge in [0.1, 0.15) is 0 Å². The van der Waals surface area contributed by atoms with Crippen molar-refractivity contribution in [2.24, 2.45) is 0 Å². The van der Waals surface area contributed by atoms with Crippen LogP contribution in [0.15, 0.2) is 27.1 Å². The van der Waals surface area contributed by atoms with Gasteiger partial charge in [-0.1, -0.05) is 31.9 Å². The molecule has 1 heterocycles. The molecule has 0 spiro atoms. The quantitative estimate of drug-likeness (QED) is 0.643. The lowest BCUT2D eigenvalue weighted by molar-refractivity contribution is 0.0792. The van der Waals surface area contributed by atoms with E-state index in [0.717, 1.165) is 34.0 Å². The third kappa shape index (κ3) is 2.68. The van der Waals surface area contributed by atoms with Gasteiger partial charge in [-0.2, -0.15) is 0 Å². The minimum absolute atomic E-state index is 0.0927. The van der Waals surface area contributed by atoms with Crippen molar-refractivity contribution in [1.82, 2.24) is 4.90 Å². The fourth-order valence-electron chi connectivity index (χ4n) is 1.73. The van der Waals surface area contributed by atoms with Crippen molar-refractivity contribution >= 4 is 53.7 Å². The molecule has 0 aliphatic carbocycles. The standard InChI is InChI=1S/C11H10Br3NO/c12-7-1-2-10(14)9(5-7)11(16)15-4-3-8(13)6-15/h1-2,5,8H,3-4,6H2. The van der Waals surface area contributed by atoms with Gasteiger partial charge in [0.2, 0.25) is 0 Å². The van der Waals surface area contributed by atoms with E-state index in [4.69, 9.17) is 0 Å². The van der Waals surface area contributed by atoms with E-state index in [0.29, 0.717) is 4.83 Å². The number of alkyl halides is 1. The average Bonchev–Trinajstić information content (AvgIpc) is 2.67. The lowest BCUT2D eigenvalue weighted by Gasteiger charge is -2.16. The lowest BCUT2D eigenvalue weighted by Crippen LogP contribution is -2.29. The average molecular weight is 412 g/mol. The Labute approximate surface area is 120 Å². The molecule has 2 nitrogen and oxygen atoms in total. The second-order valence-electron chi connectivity index (χ2n) is 3.76. The lowest BCUT2D eigenvalue weighted by atomic mass is 10.2. The summed E-state index contributed by atoms with van der Waals surface area (Å²) in [7, 11) is 0. The van der Waals surface area contributed by atoms with Crippen molar-refractivity contribution in [3.05, 3.63) is 32.7 Å². The van der Waals surface area contributed by atoms with Crippen LogP contribution in [-0.2, 0) is 0 Å². The van der Waals surface area contributed by atoms with Gasteiger partial charge in [-0.05, 0) is 40.5 Å². The fourth-order valence-corrected chi connectivity index (χ4v) is 3.07. The number of carbonyl (C=O) groups excluding carboxylic acids is 1. The minimum Gasteiger partial charge on any atom is -0.337 e. The van der Waals surface area contributed by atoms with E-state index in [1.165, 1.54) is 0 Å². The van der Waals surface area contributed by atoms with Crippen LogP contribution in [0.1, 0.15) is 16.8 Å². The highest BCUT2D eigenvalue weighted by Gasteiger charge is 2.26. The summed E-state index contributed by atoms with van der Waals surface area (Å²) >= 11 is 10.3. The molecule has 1 atom stereocenters. The zero-order valence-electron chi connectivity index (χ0n) is 8.42. The van der Waals surface area contributed by atoms with Crippen LogP contribution in [0.4, 0.5) is 0 Å². The van der Waals surface area contributed by atoms with Gasteiger partial charge in [0, 0.05) is 26.9 Å². The minimum atomic E-state index is 0.0927. The predicted octanol–water partition coefficient (Wildman–Crippen LogP) is 3.82. The van der Waals surface area contributed by atoms with Crippen LogP contribution in [0.3, 0.4) is 0 Å². The molecule has 1 aliphatic rings. The second kappa shape index (κ2) is 5.19.